The highest BCUT2D eigenvalue weighted by Crippen LogP contribution is 2.33. The lowest BCUT2D eigenvalue weighted by Gasteiger charge is -2.19. The van der Waals surface area contributed by atoms with Gasteiger partial charge in [0.1, 0.15) is 0 Å². The average Bonchev–Trinajstić information content (AvgIpc) is 3.45. The van der Waals surface area contributed by atoms with Crippen LogP contribution in [0.4, 0.5) is 5.95 Å². The van der Waals surface area contributed by atoms with Crippen LogP contribution in [0.25, 0.3) is 5.69 Å². The first-order chi connectivity index (χ1) is 13.7. The molecule has 7 nitrogen and oxygen atoms in total. The molecule has 0 unspecified atom stereocenters. The third kappa shape index (κ3) is 3.62. The Morgan fingerprint density at radius 3 is 2.79 bits per heavy atom. The fourth-order valence-corrected chi connectivity index (χ4v) is 4.32. The maximum atomic E-state index is 11.8. The number of furan rings is 1. The summed E-state index contributed by atoms with van der Waals surface area (Å²) in [6, 6.07) is 9.40. The van der Waals surface area contributed by atoms with Gasteiger partial charge in [0.25, 0.3) is 0 Å². The Kier molecular flexibility index (Phi) is 5.59. The molecule has 3 aromatic rings. The number of thioether (sulfide) groups is 1. The molecule has 0 aliphatic carbocycles. The lowest BCUT2D eigenvalue weighted by molar-refractivity contribution is 0.0564. The molecule has 1 aliphatic rings. The number of benzene rings is 1. The standard InChI is InChI=1S/C19H19ClN4O3S/c1-26-17(25)16-13(8-11-27-16)12-28-19-22-21-18(23-9-4-5-10-23)24(19)15-7-3-2-6-14(15)20/h2-3,6-8,11H,4-5,9-10,12H2,1H3. The van der Waals surface area contributed by atoms with Crippen LogP contribution in [0.3, 0.4) is 0 Å². The first-order valence-corrected chi connectivity index (χ1v) is 10.3. The van der Waals surface area contributed by atoms with Crippen molar-refractivity contribution < 1.29 is 13.9 Å². The van der Waals surface area contributed by atoms with Crippen molar-refractivity contribution in [1.82, 2.24) is 14.8 Å². The van der Waals surface area contributed by atoms with Crippen LogP contribution >= 0.6 is 23.4 Å². The summed E-state index contributed by atoms with van der Waals surface area (Å²) < 4.78 is 12.0. The van der Waals surface area contributed by atoms with Crippen molar-refractivity contribution >= 4 is 35.3 Å². The van der Waals surface area contributed by atoms with E-state index in [1.165, 1.54) is 25.1 Å². The summed E-state index contributed by atoms with van der Waals surface area (Å²) in [4.78, 5) is 14.1. The number of aromatic nitrogens is 3. The van der Waals surface area contributed by atoms with Crippen LogP contribution in [0.15, 0.2) is 46.2 Å². The molecule has 9 heteroatoms. The highest BCUT2D eigenvalue weighted by Gasteiger charge is 2.24. The molecule has 146 valence electrons. The van der Waals surface area contributed by atoms with Gasteiger partial charge in [-0.05, 0) is 31.0 Å². The third-order valence-corrected chi connectivity index (χ3v) is 5.87. The molecule has 0 N–H and O–H groups in total. The number of rotatable bonds is 6. The minimum absolute atomic E-state index is 0.207. The third-order valence-electron chi connectivity index (χ3n) is 4.57. The summed E-state index contributed by atoms with van der Waals surface area (Å²) in [5, 5.41) is 10.2. The van der Waals surface area contributed by atoms with Crippen LogP contribution in [0.5, 0.6) is 0 Å². The molecular weight excluding hydrogens is 400 g/mol. The van der Waals surface area contributed by atoms with E-state index in [1.54, 1.807) is 6.07 Å². The maximum Gasteiger partial charge on any atom is 0.374 e. The summed E-state index contributed by atoms with van der Waals surface area (Å²) in [7, 11) is 1.33. The topological polar surface area (TPSA) is 73.4 Å². The number of ether oxygens (including phenoxy) is 1. The number of para-hydroxylation sites is 1. The Morgan fingerprint density at radius 1 is 1.25 bits per heavy atom. The van der Waals surface area contributed by atoms with Crippen molar-refractivity contribution in [2.75, 3.05) is 25.1 Å². The molecule has 2 aromatic heterocycles. The lowest BCUT2D eigenvalue weighted by atomic mass is 10.3. The molecule has 0 radical (unpaired) electrons. The largest absolute Gasteiger partial charge is 0.463 e. The average molecular weight is 419 g/mol. The highest BCUT2D eigenvalue weighted by atomic mass is 35.5. The van der Waals surface area contributed by atoms with E-state index in [1.807, 2.05) is 28.8 Å². The first-order valence-electron chi connectivity index (χ1n) is 8.92. The molecule has 3 heterocycles. The van der Waals surface area contributed by atoms with Gasteiger partial charge in [-0.2, -0.15) is 0 Å². The zero-order valence-corrected chi connectivity index (χ0v) is 16.9. The summed E-state index contributed by atoms with van der Waals surface area (Å²) in [5.74, 6) is 0.988. The van der Waals surface area contributed by atoms with E-state index in [-0.39, 0.29) is 5.76 Å². The van der Waals surface area contributed by atoms with Crippen molar-refractivity contribution in [2.45, 2.75) is 23.8 Å². The lowest BCUT2D eigenvalue weighted by Crippen LogP contribution is -2.22. The molecule has 1 aromatic carbocycles. The van der Waals surface area contributed by atoms with E-state index in [2.05, 4.69) is 15.1 Å². The number of hydrogen-bond acceptors (Lipinski definition) is 7. The molecular formula is C19H19ClN4O3S. The van der Waals surface area contributed by atoms with Gasteiger partial charge in [0.05, 0.1) is 24.1 Å². The van der Waals surface area contributed by atoms with E-state index in [0.29, 0.717) is 15.9 Å². The van der Waals surface area contributed by atoms with Crippen LogP contribution in [0.1, 0.15) is 29.0 Å². The number of methoxy groups -OCH3 is 1. The number of halogens is 1. The van der Waals surface area contributed by atoms with E-state index >= 15 is 0 Å². The second-order valence-electron chi connectivity index (χ2n) is 6.32. The van der Waals surface area contributed by atoms with E-state index in [9.17, 15) is 4.79 Å². The predicted octanol–water partition coefficient (Wildman–Crippen LogP) is 4.19. The molecule has 0 bridgehead atoms. The van der Waals surface area contributed by atoms with Crippen molar-refractivity contribution in [1.29, 1.82) is 0 Å². The van der Waals surface area contributed by atoms with Crippen LogP contribution in [0.2, 0.25) is 5.02 Å². The molecule has 1 aliphatic heterocycles. The smallest absolute Gasteiger partial charge is 0.374 e. The number of carbonyl (C=O) groups is 1. The van der Waals surface area contributed by atoms with Gasteiger partial charge in [0.15, 0.2) is 5.16 Å². The van der Waals surface area contributed by atoms with Gasteiger partial charge in [-0.15, -0.1) is 10.2 Å². The van der Waals surface area contributed by atoms with Crippen LogP contribution in [0, 0.1) is 0 Å². The predicted molar refractivity (Wildman–Crippen MR) is 107 cm³/mol. The second kappa shape index (κ2) is 8.28. The molecule has 0 saturated carbocycles. The molecule has 28 heavy (non-hydrogen) atoms. The summed E-state index contributed by atoms with van der Waals surface area (Å²) >= 11 is 7.94. The van der Waals surface area contributed by atoms with E-state index in [0.717, 1.165) is 43.1 Å². The highest BCUT2D eigenvalue weighted by molar-refractivity contribution is 7.98. The van der Waals surface area contributed by atoms with Gasteiger partial charge in [-0.3, -0.25) is 4.57 Å². The van der Waals surface area contributed by atoms with Gasteiger partial charge >= 0.3 is 5.97 Å². The number of hydrogen-bond donors (Lipinski definition) is 0. The van der Waals surface area contributed by atoms with Gasteiger partial charge in [0, 0.05) is 24.4 Å². The first kappa shape index (κ1) is 18.9. The van der Waals surface area contributed by atoms with Crippen molar-refractivity contribution in [3.63, 3.8) is 0 Å². The minimum atomic E-state index is -0.495. The monoisotopic (exact) mass is 418 g/mol. The molecule has 0 amide bonds. The van der Waals surface area contributed by atoms with Crippen molar-refractivity contribution in [2.24, 2.45) is 0 Å². The minimum Gasteiger partial charge on any atom is -0.463 e. The number of esters is 1. The second-order valence-corrected chi connectivity index (χ2v) is 7.67. The summed E-state index contributed by atoms with van der Waals surface area (Å²) in [6.07, 6.45) is 3.75. The molecule has 1 saturated heterocycles. The fraction of sp³-hybridized carbons (Fsp3) is 0.316. The van der Waals surface area contributed by atoms with E-state index in [4.69, 9.17) is 20.8 Å². The molecule has 0 spiro atoms. The maximum absolute atomic E-state index is 11.8. The Balaban J connectivity index is 1.67. The Bertz CT molecular complexity index is 981. The summed E-state index contributed by atoms with van der Waals surface area (Å²) in [6.45, 7) is 1.89. The number of nitrogens with zero attached hydrogens (tertiary/aromatic N) is 4. The Hall–Kier alpha value is -2.45. The van der Waals surface area contributed by atoms with Crippen LogP contribution in [-0.4, -0.2) is 40.9 Å². The zero-order valence-electron chi connectivity index (χ0n) is 15.3. The Labute approximate surface area is 171 Å². The van der Waals surface area contributed by atoms with Gasteiger partial charge in [-0.25, -0.2) is 4.79 Å². The van der Waals surface area contributed by atoms with Gasteiger partial charge in [-0.1, -0.05) is 35.5 Å². The zero-order chi connectivity index (χ0) is 19.5. The molecule has 0 atom stereocenters. The quantitative estimate of drug-likeness (QED) is 0.439. The SMILES string of the molecule is COC(=O)c1occc1CSc1nnc(N2CCCC2)n1-c1ccccc1Cl. The fourth-order valence-electron chi connectivity index (χ4n) is 3.18. The van der Waals surface area contributed by atoms with Gasteiger partial charge in [0.2, 0.25) is 11.7 Å². The van der Waals surface area contributed by atoms with Gasteiger partial charge < -0.3 is 14.1 Å². The molecule has 4 rings (SSSR count). The Morgan fingerprint density at radius 2 is 2.04 bits per heavy atom. The van der Waals surface area contributed by atoms with E-state index < -0.39 is 5.97 Å². The van der Waals surface area contributed by atoms with Crippen molar-refractivity contribution in [3.05, 3.63) is 52.9 Å². The number of anilines is 1. The van der Waals surface area contributed by atoms with Crippen molar-refractivity contribution in [3.8, 4) is 5.69 Å². The summed E-state index contributed by atoms with van der Waals surface area (Å²) in [5.41, 5.74) is 1.58. The molecule has 1 fully saturated rings. The van der Waals surface area contributed by atoms with Crippen LogP contribution in [-0.2, 0) is 10.5 Å². The van der Waals surface area contributed by atoms with Crippen LogP contribution < -0.4 is 4.90 Å². The number of carbonyl (C=O) groups excluding carboxylic acids is 1. The normalized spacial score (nSPS) is 13.9.